The van der Waals surface area contributed by atoms with Crippen molar-refractivity contribution in [1.82, 2.24) is 5.32 Å². The lowest BCUT2D eigenvalue weighted by molar-refractivity contribution is -0.143. The zero-order valence-corrected chi connectivity index (χ0v) is 12.0. The minimum absolute atomic E-state index is 0.198. The Balaban J connectivity index is 1.56. The van der Waals surface area contributed by atoms with Gasteiger partial charge in [-0.1, -0.05) is 12.5 Å². The lowest BCUT2D eigenvalue weighted by atomic mass is 9.86. The van der Waals surface area contributed by atoms with Gasteiger partial charge in [-0.2, -0.15) is 0 Å². The molecule has 0 radical (unpaired) electrons. The number of hydrogen-bond acceptors (Lipinski definition) is 4. The standard InChI is InChI=1S/C16H21NO4/c18-16(19)12-2-1-3-13(9-12)17-10-11-4-5-14-15(8-11)21-7-6-20-14/h4-5,8,12-13,17H,1-3,6-7,9-10H2,(H,18,19). The fourth-order valence-corrected chi connectivity index (χ4v) is 3.06. The maximum absolute atomic E-state index is 11.1. The molecule has 1 aromatic carbocycles. The SMILES string of the molecule is O=C(O)C1CCCC(NCc2ccc3c(c2)OCCO3)C1. The largest absolute Gasteiger partial charge is 0.486 e. The van der Waals surface area contributed by atoms with Crippen molar-refractivity contribution in [1.29, 1.82) is 0 Å². The number of aliphatic carboxylic acids is 1. The highest BCUT2D eigenvalue weighted by atomic mass is 16.6. The van der Waals surface area contributed by atoms with E-state index in [0.717, 1.165) is 49.3 Å². The average Bonchev–Trinajstić information content (AvgIpc) is 2.53. The summed E-state index contributed by atoms with van der Waals surface area (Å²) in [5.41, 5.74) is 1.14. The van der Waals surface area contributed by atoms with E-state index < -0.39 is 5.97 Å². The van der Waals surface area contributed by atoms with E-state index in [4.69, 9.17) is 14.6 Å². The van der Waals surface area contributed by atoms with Crippen LogP contribution in [0.2, 0.25) is 0 Å². The Kier molecular flexibility index (Phi) is 4.29. The summed E-state index contributed by atoms with van der Waals surface area (Å²) in [4.78, 5) is 11.1. The van der Waals surface area contributed by atoms with Gasteiger partial charge >= 0.3 is 5.97 Å². The number of carboxylic acid groups (broad SMARTS) is 1. The molecule has 1 aromatic rings. The van der Waals surface area contributed by atoms with Crippen molar-refractivity contribution in [3.05, 3.63) is 23.8 Å². The first-order valence-corrected chi connectivity index (χ1v) is 7.57. The molecule has 2 aliphatic rings. The molecule has 5 heteroatoms. The van der Waals surface area contributed by atoms with Crippen LogP contribution in [0.15, 0.2) is 18.2 Å². The summed E-state index contributed by atoms with van der Waals surface area (Å²) in [5.74, 6) is 0.735. The second kappa shape index (κ2) is 6.35. The highest BCUT2D eigenvalue weighted by Crippen LogP contribution is 2.31. The molecular formula is C16H21NO4. The Morgan fingerprint density at radius 3 is 2.86 bits per heavy atom. The Labute approximate surface area is 124 Å². The van der Waals surface area contributed by atoms with Gasteiger partial charge in [0.15, 0.2) is 11.5 Å². The molecule has 1 heterocycles. The first kappa shape index (κ1) is 14.2. The van der Waals surface area contributed by atoms with Crippen molar-refractivity contribution in [3.63, 3.8) is 0 Å². The highest BCUT2D eigenvalue weighted by molar-refractivity contribution is 5.70. The van der Waals surface area contributed by atoms with Crippen molar-refractivity contribution in [2.75, 3.05) is 13.2 Å². The zero-order chi connectivity index (χ0) is 14.7. The number of benzene rings is 1. The topological polar surface area (TPSA) is 67.8 Å². The molecule has 21 heavy (non-hydrogen) atoms. The average molecular weight is 291 g/mol. The molecule has 5 nitrogen and oxygen atoms in total. The molecule has 0 aromatic heterocycles. The summed E-state index contributed by atoms with van der Waals surface area (Å²) in [6, 6.07) is 6.25. The number of carbonyl (C=O) groups is 1. The lowest BCUT2D eigenvalue weighted by Crippen LogP contribution is -2.36. The van der Waals surface area contributed by atoms with E-state index in [9.17, 15) is 4.79 Å². The predicted octanol–water partition coefficient (Wildman–Crippen LogP) is 2.19. The molecule has 1 saturated carbocycles. The summed E-state index contributed by atoms with van der Waals surface area (Å²) in [5, 5.41) is 12.6. The van der Waals surface area contributed by atoms with Crippen molar-refractivity contribution in [2.45, 2.75) is 38.3 Å². The van der Waals surface area contributed by atoms with Gasteiger partial charge in [-0.05, 0) is 37.0 Å². The van der Waals surface area contributed by atoms with Crippen molar-refractivity contribution < 1.29 is 19.4 Å². The molecule has 1 aliphatic heterocycles. The number of carboxylic acids is 1. The number of nitrogens with one attached hydrogen (secondary N) is 1. The van der Waals surface area contributed by atoms with Crippen LogP contribution in [0.1, 0.15) is 31.2 Å². The van der Waals surface area contributed by atoms with E-state index in [1.807, 2.05) is 18.2 Å². The van der Waals surface area contributed by atoms with Gasteiger partial charge in [0.2, 0.25) is 0 Å². The molecule has 1 aliphatic carbocycles. The second-order valence-corrected chi connectivity index (χ2v) is 5.76. The molecule has 2 atom stereocenters. The predicted molar refractivity (Wildman–Crippen MR) is 77.7 cm³/mol. The molecule has 1 fully saturated rings. The molecular weight excluding hydrogens is 270 g/mol. The molecule has 0 spiro atoms. The van der Waals surface area contributed by atoms with Crippen LogP contribution in [0.4, 0.5) is 0 Å². The Morgan fingerprint density at radius 2 is 2.05 bits per heavy atom. The Hall–Kier alpha value is -1.75. The van der Waals surface area contributed by atoms with Gasteiger partial charge in [-0.25, -0.2) is 0 Å². The molecule has 0 bridgehead atoms. The minimum Gasteiger partial charge on any atom is -0.486 e. The third-order valence-electron chi connectivity index (χ3n) is 4.22. The normalized spacial score (nSPS) is 24.6. The fourth-order valence-electron chi connectivity index (χ4n) is 3.06. The molecule has 3 rings (SSSR count). The van der Waals surface area contributed by atoms with Crippen molar-refractivity contribution in [2.24, 2.45) is 5.92 Å². The van der Waals surface area contributed by atoms with E-state index in [1.54, 1.807) is 0 Å². The van der Waals surface area contributed by atoms with Gasteiger partial charge in [-0.3, -0.25) is 4.79 Å². The zero-order valence-electron chi connectivity index (χ0n) is 12.0. The molecule has 114 valence electrons. The quantitative estimate of drug-likeness (QED) is 0.890. The number of ether oxygens (including phenoxy) is 2. The third-order valence-corrected chi connectivity index (χ3v) is 4.22. The minimum atomic E-state index is -0.666. The van der Waals surface area contributed by atoms with E-state index in [0.29, 0.717) is 13.2 Å². The van der Waals surface area contributed by atoms with Gasteiger partial charge in [0.25, 0.3) is 0 Å². The maximum atomic E-state index is 11.1. The first-order valence-electron chi connectivity index (χ1n) is 7.57. The van der Waals surface area contributed by atoms with Crippen LogP contribution in [-0.2, 0) is 11.3 Å². The van der Waals surface area contributed by atoms with Gasteiger partial charge in [0, 0.05) is 12.6 Å². The Bertz CT molecular complexity index is 517. The Morgan fingerprint density at radius 1 is 1.24 bits per heavy atom. The summed E-state index contributed by atoms with van der Waals surface area (Å²) < 4.78 is 11.1. The van der Waals surface area contributed by atoms with Crippen LogP contribution in [0, 0.1) is 5.92 Å². The molecule has 2 unspecified atom stereocenters. The van der Waals surface area contributed by atoms with E-state index >= 15 is 0 Å². The number of fused-ring (bicyclic) bond motifs is 1. The van der Waals surface area contributed by atoms with E-state index in [1.165, 1.54) is 0 Å². The van der Waals surface area contributed by atoms with Crippen LogP contribution in [0.25, 0.3) is 0 Å². The first-order chi connectivity index (χ1) is 10.2. The summed E-state index contributed by atoms with van der Waals surface area (Å²) in [7, 11) is 0. The molecule has 0 amide bonds. The fraction of sp³-hybridized carbons (Fsp3) is 0.562. The van der Waals surface area contributed by atoms with Gasteiger partial charge in [0.05, 0.1) is 5.92 Å². The van der Waals surface area contributed by atoms with Gasteiger partial charge in [-0.15, -0.1) is 0 Å². The monoisotopic (exact) mass is 291 g/mol. The molecule has 0 saturated heterocycles. The van der Waals surface area contributed by atoms with Crippen LogP contribution < -0.4 is 14.8 Å². The second-order valence-electron chi connectivity index (χ2n) is 5.76. The van der Waals surface area contributed by atoms with Crippen LogP contribution >= 0.6 is 0 Å². The van der Waals surface area contributed by atoms with Crippen molar-refractivity contribution in [3.8, 4) is 11.5 Å². The van der Waals surface area contributed by atoms with Gasteiger partial charge in [0.1, 0.15) is 13.2 Å². The molecule has 2 N–H and O–H groups in total. The van der Waals surface area contributed by atoms with Gasteiger partial charge < -0.3 is 19.9 Å². The third kappa shape index (κ3) is 3.47. The van der Waals surface area contributed by atoms with Crippen LogP contribution in [-0.4, -0.2) is 30.3 Å². The summed E-state index contributed by atoms with van der Waals surface area (Å²) >= 11 is 0. The van der Waals surface area contributed by atoms with Crippen molar-refractivity contribution >= 4 is 5.97 Å². The highest BCUT2D eigenvalue weighted by Gasteiger charge is 2.26. The maximum Gasteiger partial charge on any atom is 0.306 e. The smallest absolute Gasteiger partial charge is 0.306 e. The van der Waals surface area contributed by atoms with Crippen LogP contribution in [0.3, 0.4) is 0 Å². The van der Waals surface area contributed by atoms with E-state index in [-0.39, 0.29) is 12.0 Å². The summed E-state index contributed by atoms with van der Waals surface area (Å²) in [6.45, 7) is 1.92. The van der Waals surface area contributed by atoms with E-state index in [2.05, 4.69) is 5.32 Å². The van der Waals surface area contributed by atoms with Crippen LogP contribution in [0.5, 0.6) is 11.5 Å². The lowest BCUT2D eigenvalue weighted by Gasteiger charge is -2.27. The summed E-state index contributed by atoms with van der Waals surface area (Å²) in [6.07, 6.45) is 3.56. The number of hydrogen-bond donors (Lipinski definition) is 2. The number of rotatable bonds is 4.